The molecule has 0 radical (unpaired) electrons. The van der Waals surface area contributed by atoms with E-state index in [9.17, 15) is 9.90 Å². The summed E-state index contributed by atoms with van der Waals surface area (Å²) in [6.07, 6.45) is 7.00. The van der Waals surface area contributed by atoms with Crippen molar-refractivity contribution in [1.29, 1.82) is 0 Å². The van der Waals surface area contributed by atoms with Crippen LogP contribution in [0.2, 0.25) is 0 Å². The van der Waals surface area contributed by atoms with Crippen LogP contribution in [0.3, 0.4) is 0 Å². The van der Waals surface area contributed by atoms with Crippen molar-refractivity contribution in [2.45, 2.75) is 26.7 Å². The first-order valence-corrected chi connectivity index (χ1v) is 12.1. The number of hydrogen-bond donors (Lipinski definition) is 3. The third-order valence-electron chi connectivity index (χ3n) is 5.71. The number of ether oxygens (including phenoxy) is 1. The second kappa shape index (κ2) is 13.2. The van der Waals surface area contributed by atoms with E-state index in [0.29, 0.717) is 5.82 Å². The highest BCUT2D eigenvalue weighted by Crippen LogP contribution is 2.39. The van der Waals surface area contributed by atoms with Gasteiger partial charge in [-0.3, -0.25) is 4.79 Å². The van der Waals surface area contributed by atoms with Gasteiger partial charge in [-0.1, -0.05) is 12.1 Å². The number of carbonyl (C=O) groups excluding carboxylic acids is 1. The van der Waals surface area contributed by atoms with Crippen LogP contribution in [0.1, 0.15) is 46.2 Å². The van der Waals surface area contributed by atoms with Gasteiger partial charge in [0.15, 0.2) is 22.9 Å². The topological polar surface area (TPSA) is 137 Å². The number of carbonyl (C=O) groups is 2. The molecule has 0 aliphatic carbocycles. The number of carboxylic acid groups (broad SMARTS) is 1. The highest BCUT2D eigenvalue weighted by molar-refractivity contribution is 6.21. The van der Waals surface area contributed by atoms with Crippen LogP contribution in [0.25, 0.3) is 11.6 Å². The summed E-state index contributed by atoms with van der Waals surface area (Å²) in [5, 5.41) is 21.0. The van der Waals surface area contributed by atoms with Gasteiger partial charge < -0.3 is 29.6 Å². The highest BCUT2D eigenvalue weighted by atomic mass is 16.5. The number of aliphatic imine (C=N–C) groups is 1. The summed E-state index contributed by atoms with van der Waals surface area (Å²) in [7, 11) is 4.13. The van der Waals surface area contributed by atoms with Gasteiger partial charge in [-0.2, -0.15) is 0 Å². The van der Waals surface area contributed by atoms with E-state index in [0.717, 1.165) is 41.8 Å². The number of furan rings is 1. The number of anilines is 2. The Morgan fingerprint density at radius 1 is 1.26 bits per heavy atom. The average molecular weight is 521 g/mol. The SMILES string of the molecule is CCOC(=O)c1c(Nc2ccc(CCCN(C)C)cc2C)oc(C=C2C=Nc3ncccc32)c1O.O=CO. The largest absolute Gasteiger partial charge is 0.504 e. The lowest BCUT2D eigenvalue weighted by atomic mass is 10.1. The van der Waals surface area contributed by atoms with E-state index in [1.54, 1.807) is 25.4 Å². The molecule has 38 heavy (non-hydrogen) atoms. The molecule has 3 N–H and O–H groups in total. The first-order valence-electron chi connectivity index (χ1n) is 12.1. The molecule has 10 heteroatoms. The zero-order chi connectivity index (χ0) is 27.7. The minimum Gasteiger partial charge on any atom is -0.504 e. The van der Waals surface area contributed by atoms with Crippen LogP contribution in [0.4, 0.5) is 17.4 Å². The van der Waals surface area contributed by atoms with Crippen molar-refractivity contribution < 1.29 is 29.0 Å². The van der Waals surface area contributed by atoms with Crippen LogP contribution in [0.5, 0.6) is 5.75 Å². The maximum Gasteiger partial charge on any atom is 0.347 e. The Morgan fingerprint density at radius 3 is 2.71 bits per heavy atom. The Balaban J connectivity index is 0.00000127. The van der Waals surface area contributed by atoms with Crippen molar-refractivity contribution in [3.05, 3.63) is 64.5 Å². The molecule has 0 saturated heterocycles. The zero-order valence-corrected chi connectivity index (χ0v) is 21.9. The Labute approximate surface area is 221 Å². The standard InChI is InChI=1S/C27H30N4O4.CH2O2/c1-5-34-27(33)23-24(32)22(15-19-16-29-25-20(19)9-6-12-28-25)35-26(23)30-21-11-10-18(14-17(21)2)8-7-13-31(3)4;2-1-3/h6,9-12,14-16,30,32H,5,7-8,13H2,1-4H3;1H,(H,2,3). The molecule has 0 bridgehead atoms. The van der Waals surface area contributed by atoms with E-state index in [1.165, 1.54) is 5.56 Å². The minimum atomic E-state index is -0.666. The zero-order valence-electron chi connectivity index (χ0n) is 21.9. The third kappa shape index (κ3) is 6.86. The number of aryl methyl sites for hydroxylation is 2. The number of hydrogen-bond acceptors (Lipinski definition) is 9. The van der Waals surface area contributed by atoms with Crippen LogP contribution in [-0.2, 0) is 16.0 Å². The molecule has 1 aliphatic rings. The molecule has 4 rings (SSSR count). The maximum atomic E-state index is 12.7. The van der Waals surface area contributed by atoms with Crippen molar-refractivity contribution in [3.8, 4) is 5.75 Å². The van der Waals surface area contributed by atoms with Crippen molar-refractivity contribution >= 4 is 47.7 Å². The van der Waals surface area contributed by atoms with Crippen molar-refractivity contribution in [1.82, 2.24) is 9.88 Å². The van der Waals surface area contributed by atoms with Crippen molar-refractivity contribution in [2.24, 2.45) is 4.99 Å². The second-order valence-electron chi connectivity index (χ2n) is 8.76. The van der Waals surface area contributed by atoms with Gasteiger partial charge in [0.05, 0.1) is 6.61 Å². The molecule has 3 aromatic rings. The van der Waals surface area contributed by atoms with Crippen LogP contribution in [0.15, 0.2) is 45.9 Å². The number of esters is 1. The first kappa shape index (κ1) is 28.1. The smallest absolute Gasteiger partial charge is 0.347 e. The lowest BCUT2D eigenvalue weighted by Gasteiger charge is -2.12. The Morgan fingerprint density at radius 2 is 2.03 bits per heavy atom. The molecule has 1 aromatic carbocycles. The molecule has 200 valence electrons. The van der Waals surface area contributed by atoms with Crippen LogP contribution in [-0.4, -0.2) is 66.0 Å². The van der Waals surface area contributed by atoms with Crippen molar-refractivity contribution in [3.63, 3.8) is 0 Å². The van der Waals surface area contributed by atoms with Gasteiger partial charge in [-0.25, -0.2) is 14.8 Å². The third-order valence-corrected chi connectivity index (χ3v) is 5.71. The summed E-state index contributed by atoms with van der Waals surface area (Å²) >= 11 is 0. The minimum absolute atomic E-state index is 0.0468. The first-order chi connectivity index (χ1) is 18.3. The van der Waals surface area contributed by atoms with Crippen LogP contribution in [0, 0.1) is 6.92 Å². The Hall–Kier alpha value is -4.44. The summed E-state index contributed by atoms with van der Waals surface area (Å²) in [4.78, 5) is 31.7. The summed E-state index contributed by atoms with van der Waals surface area (Å²) in [5.74, 6) is -0.109. The Bertz CT molecular complexity index is 1340. The number of rotatable bonds is 9. The van der Waals surface area contributed by atoms with Gasteiger partial charge in [0, 0.05) is 29.2 Å². The molecular weight excluding hydrogens is 488 g/mol. The fraction of sp³-hybridized carbons (Fsp3) is 0.286. The average Bonchev–Trinajstić information content (AvgIpc) is 3.42. The molecule has 0 spiro atoms. The predicted molar refractivity (Wildman–Crippen MR) is 147 cm³/mol. The number of aromatic nitrogens is 1. The van der Waals surface area contributed by atoms with Crippen molar-refractivity contribution in [2.75, 3.05) is 32.6 Å². The molecule has 0 saturated carbocycles. The number of benzene rings is 1. The van der Waals surface area contributed by atoms with Gasteiger partial charge >= 0.3 is 5.97 Å². The Kier molecular flexibility index (Phi) is 9.78. The van der Waals surface area contributed by atoms with Gasteiger partial charge in [0.1, 0.15) is 0 Å². The quantitative estimate of drug-likeness (QED) is 0.261. The number of allylic oxidation sites excluding steroid dienone is 1. The van der Waals surface area contributed by atoms with Gasteiger partial charge in [-0.05, 0) is 82.7 Å². The summed E-state index contributed by atoms with van der Waals surface area (Å²) in [5.41, 5.74) is 4.50. The lowest BCUT2D eigenvalue weighted by molar-refractivity contribution is -0.122. The lowest BCUT2D eigenvalue weighted by Crippen LogP contribution is -2.13. The molecule has 3 heterocycles. The number of nitrogens with one attached hydrogen (secondary N) is 1. The molecule has 0 atom stereocenters. The summed E-state index contributed by atoms with van der Waals surface area (Å²) in [6, 6.07) is 9.83. The molecule has 1 aliphatic heterocycles. The van der Waals surface area contributed by atoms with E-state index in [4.69, 9.17) is 19.1 Å². The second-order valence-corrected chi connectivity index (χ2v) is 8.76. The van der Waals surface area contributed by atoms with E-state index >= 15 is 0 Å². The number of nitrogens with zero attached hydrogens (tertiary/aromatic N) is 3. The molecule has 0 amide bonds. The normalized spacial score (nSPS) is 12.7. The van der Waals surface area contributed by atoms with Crippen LogP contribution >= 0.6 is 0 Å². The summed E-state index contributed by atoms with van der Waals surface area (Å²) < 4.78 is 11.1. The number of fused-ring (bicyclic) bond motifs is 1. The van der Waals surface area contributed by atoms with E-state index in [1.807, 2.05) is 25.1 Å². The molecule has 10 nitrogen and oxygen atoms in total. The molecule has 0 fully saturated rings. The van der Waals surface area contributed by atoms with E-state index in [-0.39, 0.29) is 36.0 Å². The van der Waals surface area contributed by atoms with E-state index < -0.39 is 5.97 Å². The molecule has 2 aromatic heterocycles. The predicted octanol–water partition coefficient (Wildman–Crippen LogP) is 5.06. The molecular formula is C28H32N4O6. The fourth-order valence-corrected chi connectivity index (χ4v) is 3.94. The number of aromatic hydroxyl groups is 1. The summed E-state index contributed by atoms with van der Waals surface area (Å²) in [6.45, 7) is 4.65. The monoisotopic (exact) mass is 520 g/mol. The van der Waals surface area contributed by atoms with Gasteiger partial charge in [-0.15, -0.1) is 0 Å². The van der Waals surface area contributed by atoms with Gasteiger partial charge in [0.2, 0.25) is 5.88 Å². The van der Waals surface area contributed by atoms with Gasteiger partial charge in [0.25, 0.3) is 6.47 Å². The maximum absolute atomic E-state index is 12.7. The number of pyridine rings is 1. The molecule has 0 unspecified atom stereocenters. The van der Waals surface area contributed by atoms with Crippen LogP contribution < -0.4 is 5.32 Å². The highest BCUT2D eigenvalue weighted by Gasteiger charge is 2.27. The van der Waals surface area contributed by atoms with E-state index in [2.05, 4.69) is 46.4 Å². The fourth-order valence-electron chi connectivity index (χ4n) is 3.94.